The van der Waals surface area contributed by atoms with Crippen molar-refractivity contribution in [1.29, 1.82) is 0 Å². The number of hydrogen-bond acceptors (Lipinski definition) is 4. The summed E-state index contributed by atoms with van der Waals surface area (Å²) >= 11 is 7.31. The fraction of sp³-hybridized carbons (Fsp3) is 0. The molecule has 5 nitrogen and oxygen atoms in total. The van der Waals surface area contributed by atoms with Gasteiger partial charge < -0.3 is 5.32 Å². The van der Waals surface area contributed by atoms with Crippen LogP contribution in [-0.4, -0.2) is 15.7 Å². The number of hydrogen-bond donors (Lipinski definition) is 1. The van der Waals surface area contributed by atoms with Crippen LogP contribution in [0, 0.1) is 5.82 Å². The zero-order valence-electron chi connectivity index (χ0n) is 16.0. The van der Waals surface area contributed by atoms with Crippen LogP contribution >= 0.6 is 23.4 Å². The lowest BCUT2D eigenvalue weighted by atomic mass is 10.2. The molecule has 0 radical (unpaired) electrons. The number of carbonyl (C=O) groups excluding carboxylic acids is 1. The summed E-state index contributed by atoms with van der Waals surface area (Å²) in [7, 11) is 0. The van der Waals surface area contributed by atoms with Gasteiger partial charge in [0.15, 0.2) is 0 Å². The van der Waals surface area contributed by atoms with E-state index in [1.165, 1.54) is 40.7 Å². The minimum Gasteiger partial charge on any atom is -0.322 e. The summed E-state index contributed by atoms with van der Waals surface area (Å²) in [6.45, 7) is 0. The molecule has 4 aromatic rings. The van der Waals surface area contributed by atoms with E-state index in [2.05, 4.69) is 10.4 Å². The van der Waals surface area contributed by atoms with Crippen molar-refractivity contribution in [3.63, 3.8) is 0 Å². The van der Waals surface area contributed by atoms with Crippen molar-refractivity contribution in [2.24, 2.45) is 0 Å². The first-order valence-corrected chi connectivity index (χ1v) is 10.4. The lowest BCUT2D eigenvalue weighted by molar-refractivity contribution is 0.102. The van der Waals surface area contributed by atoms with Crippen molar-refractivity contribution in [3.05, 3.63) is 112 Å². The van der Waals surface area contributed by atoms with E-state index < -0.39 is 5.82 Å². The summed E-state index contributed by atoms with van der Waals surface area (Å²) in [6.07, 6.45) is 0. The minimum absolute atomic E-state index is 0.294. The van der Waals surface area contributed by atoms with Gasteiger partial charge in [0.05, 0.1) is 5.69 Å². The van der Waals surface area contributed by atoms with Gasteiger partial charge in [0.2, 0.25) is 0 Å². The van der Waals surface area contributed by atoms with E-state index in [0.29, 0.717) is 27.0 Å². The first-order chi connectivity index (χ1) is 15.0. The molecule has 0 spiro atoms. The second kappa shape index (κ2) is 9.16. The molecule has 3 aromatic carbocycles. The average molecular weight is 452 g/mol. The predicted molar refractivity (Wildman–Crippen MR) is 120 cm³/mol. The summed E-state index contributed by atoms with van der Waals surface area (Å²) in [4.78, 5) is 25.6. The van der Waals surface area contributed by atoms with Gasteiger partial charge >= 0.3 is 0 Å². The number of aromatic nitrogens is 2. The fourth-order valence-electron chi connectivity index (χ4n) is 2.78. The van der Waals surface area contributed by atoms with E-state index >= 15 is 0 Å². The maximum Gasteiger partial charge on any atom is 0.271 e. The number of benzene rings is 3. The van der Waals surface area contributed by atoms with Gasteiger partial charge in [0.25, 0.3) is 11.5 Å². The number of carbonyl (C=O) groups is 1. The van der Waals surface area contributed by atoms with Crippen molar-refractivity contribution in [2.45, 2.75) is 9.92 Å². The molecule has 1 amide bonds. The highest BCUT2D eigenvalue weighted by Gasteiger charge is 2.09. The third kappa shape index (κ3) is 5.20. The van der Waals surface area contributed by atoms with Crippen molar-refractivity contribution >= 4 is 35.0 Å². The number of anilines is 1. The van der Waals surface area contributed by atoms with Crippen molar-refractivity contribution in [1.82, 2.24) is 9.78 Å². The Morgan fingerprint density at radius 3 is 2.42 bits per heavy atom. The highest BCUT2D eigenvalue weighted by Crippen LogP contribution is 2.26. The van der Waals surface area contributed by atoms with E-state index in [4.69, 9.17) is 11.6 Å². The normalized spacial score (nSPS) is 10.6. The minimum atomic E-state index is -0.435. The number of rotatable bonds is 5. The van der Waals surface area contributed by atoms with Gasteiger partial charge in [-0.2, -0.15) is 9.78 Å². The molecule has 0 aliphatic heterocycles. The van der Waals surface area contributed by atoms with E-state index in [1.54, 1.807) is 48.5 Å². The zero-order chi connectivity index (χ0) is 21.8. The molecule has 4 rings (SSSR count). The summed E-state index contributed by atoms with van der Waals surface area (Å²) in [5.74, 6) is -0.820. The van der Waals surface area contributed by atoms with E-state index in [-0.39, 0.29) is 11.5 Å². The van der Waals surface area contributed by atoms with Gasteiger partial charge in [-0.25, -0.2) is 4.39 Å². The molecule has 154 valence electrons. The molecule has 0 fully saturated rings. The molecule has 0 unspecified atom stereocenters. The molecular weight excluding hydrogens is 437 g/mol. The first kappa shape index (κ1) is 20.8. The van der Waals surface area contributed by atoms with Gasteiger partial charge in [-0.05, 0) is 72.8 Å². The van der Waals surface area contributed by atoms with Crippen molar-refractivity contribution in [2.75, 3.05) is 5.32 Å². The lowest BCUT2D eigenvalue weighted by Crippen LogP contribution is -2.20. The Kier molecular flexibility index (Phi) is 6.16. The second-order valence-electron chi connectivity index (χ2n) is 6.49. The third-order valence-corrected chi connectivity index (χ3v) is 5.46. The van der Waals surface area contributed by atoms with Gasteiger partial charge in [-0.3, -0.25) is 9.59 Å². The summed E-state index contributed by atoms with van der Waals surface area (Å²) < 4.78 is 14.6. The van der Waals surface area contributed by atoms with Crippen LogP contribution in [0.25, 0.3) is 5.69 Å². The molecule has 1 aromatic heterocycles. The summed E-state index contributed by atoms with van der Waals surface area (Å²) in [5.41, 5.74) is 0.954. The number of nitrogens with one attached hydrogen (secondary N) is 1. The number of amides is 1. The van der Waals surface area contributed by atoms with Crippen LogP contribution in [0.3, 0.4) is 0 Å². The molecule has 1 heterocycles. The molecule has 31 heavy (non-hydrogen) atoms. The van der Waals surface area contributed by atoms with Crippen LogP contribution in [0.5, 0.6) is 0 Å². The Morgan fingerprint density at radius 2 is 1.71 bits per heavy atom. The Bertz CT molecular complexity index is 1290. The maximum absolute atomic E-state index is 13.3. The van der Waals surface area contributed by atoms with Crippen LogP contribution < -0.4 is 10.9 Å². The molecule has 0 bridgehead atoms. The van der Waals surface area contributed by atoms with Crippen LogP contribution in [0.15, 0.2) is 99.6 Å². The van der Waals surface area contributed by atoms with Gasteiger partial charge in [0, 0.05) is 27.2 Å². The summed E-state index contributed by atoms with van der Waals surface area (Å²) in [5, 5.41) is 8.31. The molecule has 1 N–H and O–H groups in total. The fourth-order valence-corrected chi connectivity index (χ4v) is 3.68. The van der Waals surface area contributed by atoms with Crippen LogP contribution in [0.1, 0.15) is 10.4 Å². The van der Waals surface area contributed by atoms with Gasteiger partial charge in [0.1, 0.15) is 10.8 Å². The monoisotopic (exact) mass is 451 g/mol. The Labute approximate surface area is 186 Å². The lowest BCUT2D eigenvalue weighted by Gasteiger charge is -2.09. The van der Waals surface area contributed by atoms with Gasteiger partial charge in [-0.1, -0.05) is 29.4 Å². The molecule has 0 saturated carbocycles. The first-order valence-electron chi connectivity index (χ1n) is 9.19. The highest BCUT2D eigenvalue weighted by molar-refractivity contribution is 7.99. The molecule has 0 atom stereocenters. The number of halogens is 2. The smallest absolute Gasteiger partial charge is 0.271 e. The van der Waals surface area contributed by atoms with E-state index in [1.807, 2.05) is 12.1 Å². The van der Waals surface area contributed by atoms with E-state index in [9.17, 15) is 14.0 Å². The van der Waals surface area contributed by atoms with Crippen molar-refractivity contribution in [3.8, 4) is 5.69 Å². The molecular formula is C23H15ClFN3O2S. The third-order valence-electron chi connectivity index (χ3n) is 4.27. The predicted octanol–water partition coefficient (Wildman–Crippen LogP) is 5.43. The molecule has 0 aliphatic carbocycles. The van der Waals surface area contributed by atoms with Crippen molar-refractivity contribution < 1.29 is 9.18 Å². The largest absolute Gasteiger partial charge is 0.322 e. The molecule has 0 saturated heterocycles. The van der Waals surface area contributed by atoms with E-state index in [0.717, 1.165) is 4.90 Å². The molecule has 0 aliphatic rings. The van der Waals surface area contributed by atoms with Gasteiger partial charge in [-0.15, -0.1) is 0 Å². The average Bonchev–Trinajstić information content (AvgIpc) is 2.77. The quantitative estimate of drug-likeness (QED) is 0.439. The Hall–Kier alpha value is -3.42. The summed E-state index contributed by atoms with van der Waals surface area (Å²) in [6, 6.07) is 22.5. The maximum atomic E-state index is 13.3. The van der Waals surface area contributed by atoms with Crippen LogP contribution in [-0.2, 0) is 0 Å². The highest BCUT2D eigenvalue weighted by atomic mass is 35.5. The topological polar surface area (TPSA) is 64.0 Å². The molecule has 8 heteroatoms. The Balaban J connectivity index is 1.53. The SMILES string of the molecule is O=C(Nc1cccc(F)c1)c1ccc(-n2nc(Sc3ccc(Cl)cc3)ccc2=O)cc1. The Morgan fingerprint density at radius 1 is 0.968 bits per heavy atom. The zero-order valence-corrected chi connectivity index (χ0v) is 17.5. The second-order valence-corrected chi connectivity index (χ2v) is 8.02. The standard InChI is InChI=1S/C23H15ClFN3O2S/c24-16-6-10-20(11-7-16)31-21-12-13-22(29)28(27-21)19-8-4-15(5-9-19)23(30)26-18-3-1-2-17(25)14-18/h1-14H,(H,26,30). The van der Waals surface area contributed by atoms with Crippen LogP contribution in [0.4, 0.5) is 10.1 Å². The van der Waals surface area contributed by atoms with Crippen LogP contribution in [0.2, 0.25) is 5.02 Å². The number of nitrogens with zero attached hydrogens (tertiary/aromatic N) is 2.